The third kappa shape index (κ3) is 1.27. The van der Waals surface area contributed by atoms with Crippen molar-refractivity contribution in [1.29, 1.82) is 5.26 Å². The molecule has 64 valence electrons. The van der Waals surface area contributed by atoms with Crippen molar-refractivity contribution in [3.63, 3.8) is 0 Å². The fraction of sp³-hybridized carbons (Fsp3) is 0.100. The standard InChI is InChI=1S/C10H6FNO/c11-9-5-7(1-3-12)10-8(6-9)2-4-13-10/h2,4-6H,1H2. The topological polar surface area (TPSA) is 36.9 Å². The zero-order chi connectivity index (χ0) is 9.26. The summed E-state index contributed by atoms with van der Waals surface area (Å²) in [6.07, 6.45) is 1.66. The molecular weight excluding hydrogens is 169 g/mol. The largest absolute Gasteiger partial charge is 0.464 e. The molecule has 0 saturated heterocycles. The van der Waals surface area contributed by atoms with Crippen molar-refractivity contribution in [3.8, 4) is 6.07 Å². The molecule has 0 aliphatic rings. The minimum Gasteiger partial charge on any atom is -0.464 e. The van der Waals surface area contributed by atoms with Crippen molar-refractivity contribution in [3.05, 3.63) is 35.8 Å². The fourth-order valence-electron chi connectivity index (χ4n) is 1.33. The van der Waals surface area contributed by atoms with Gasteiger partial charge in [-0.05, 0) is 18.2 Å². The first-order valence-electron chi connectivity index (χ1n) is 3.84. The highest BCUT2D eigenvalue weighted by Crippen LogP contribution is 2.21. The number of rotatable bonds is 1. The molecule has 0 spiro atoms. The molecule has 1 aromatic heterocycles. The van der Waals surface area contributed by atoms with Crippen LogP contribution in [0.5, 0.6) is 0 Å². The SMILES string of the molecule is N#CCc1cc(F)cc2ccoc12. The maximum Gasteiger partial charge on any atom is 0.138 e. The van der Waals surface area contributed by atoms with Gasteiger partial charge in [0, 0.05) is 10.9 Å². The first-order valence-corrected chi connectivity index (χ1v) is 3.84. The molecule has 0 aliphatic carbocycles. The third-order valence-electron chi connectivity index (χ3n) is 1.86. The summed E-state index contributed by atoms with van der Waals surface area (Å²) >= 11 is 0. The molecule has 0 bridgehead atoms. The van der Waals surface area contributed by atoms with Gasteiger partial charge in [-0.15, -0.1) is 0 Å². The number of hydrogen-bond acceptors (Lipinski definition) is 2. The van der Waals surface area contributed by atoms with E-state index in [-0.39, 0.29) is 12.2 Å². The number of nitriles is 1. The lowest BCUT2D eigenvalue weighted by Crippen LogP contribution is -1.84. The van der Waals surface area contributed by atoms with Crippen LogP contribution in [-0.4, -0.2) is 0 Å². The number of halogens is 1. The molecule has 0 amide bonds. The molecule has 2 rings (SSSR count). The van der Waals surface area contributed by atoms with E-state index in [4.69, 9.17) is 9.68 Å². The van der Waals surface area contributed by atoms with E-state index in [0.717, 1.165) is 0 Å². The molecule has 3 heteroatoms. The summed E-state index contributed by atoms with van der Waals surface area (Å²) in [6.45, 7) is 0. The van der Waals surface area contributed by atoms with Gasteiger partial charge in [0.1, 0.15) is 11.4 Å². The van der Waals surface area contributed by atoms with Crippen LogP contribution in [0.25, 0.3) is 11.0 Å². The second-order valence-electron chi connectivity index (χ2n) is 2.74. The fourth-order valence-corrected chi connectivity index (χ4v) is 1.33. The van der Waals surface area contributed by atoms with Crippen LogP contribution in [0, 0.1) is 17.1 Å². The first kappa shape index (κ1) is 7.81. The van der Waals surface area contributed by atoms with Crippen LogP contribution in [0.4, 0.5) is 4.39 Å². The molecule has 0 N–H and O–H groups in total. The second-order valence-corrected chi connectivity index (χ2v) is 2.74. The lowest BCUT2D eigenvalue weighted by Gasteiger charge is -1.96. The number of furan rings is 1. The van der Waals surface area contributed by atoms with Gasteiger partial charge < -0.3 is 4.42 Å². The van der Waals surface area contributed by atoms with Crippen LogP contribution in [0.1, 0.15) is 5.56 Å². The van der Waals surface area contributed by atoms with Gasteiger partial charge in [0.2, 0.25) is 0 Å². The van der Waals surface area contributed by atoms with E-state index in [9.17, 15) is 4.39 Å². The van der Waals surface area contributed by atoms with Crippen molar-refractivity contribution in [2.45, 2.75) is 6.42 Å². The van der Waals surface area contributed by atoms with Gasteiger partial charge in [-0.25, -0.2) is 4.39 Å². The highest BCUT2D eigenvalue weighted by atomic mass is 19.1. The molecule has 13 heavy (non-hydrogen) atoms. The number of hydrogen-bond donors (Lipinski definition) is 0. The summed E-state index contributed by atoms with van der Waals surface area (Å²) in [6, 6.07) is 6.36. The Morgan fingerprint density at radius 1 is 1.46 bits per heavy atom. The smallest absolute Gasteiger partial charge is 0.138 e. The first-order chi connectivity index (χ1) is 6.31. The lowest BCUT2D eigenvalue weighted by molar-refractivity contribution is 0.605. The molecule has 0 unspecified atom stereocenters. The molecule has 1 aromatic carbocycles. The Kier molecular flexibility index (Phi) is 1.75. The van der Waals surface area contributed by atoms with Crippen LogP contribution < -0.4 is 0 Å². The summed E-state index contributed by atoms with van der Waals surface area (Å²) in [5, 5.41) is 9.19. The Labute approximate surface area is 74.2 Å². The molecule has 0 saturated carbocycles. The van der Waals surface area contributed by atoms with E-state index in [0.29, 0.717) is 16.5 Å². The van der Waals surface area contributed by atoms with E-state index in [1.807, 2.05) is 6.07 Å². The van der Waals surface area contributed by atoms with Gasteiger partial charge in [0.25, 0.3) is 0 Å². The van der Waals surface area contributed by atoms with Crippen LogP contribution >= 0.6 is 0 Å². The van der Waals surface area contributed by atoms with Gasteiger partial charge in [-0.1, -0.05) is 0 Å². The van der Waals surface area contributed by atoms with Crippen LogP contribution in [0.2, 0.25) is 0 Å². The summed E-state index contributed by atoms with van der Waals surface area (Å²) in [5.41, 5.74) is 1.20. The summed E-state index contributed by atoms with van der Waals surface area (Å²) in [7, 11) is 0. The average Bonchev–Trinajstić information content (AvgIpc) is 2.52. The Bertz CT molecular complexity index is 481. The van der Waals surface area contributed by atoms with Crippen molar-refractivity contribution >= 4 is 11.0 Å². The third-order valence-corrected chi connectivity index (χ3v) is 1.86. The van der Waals surface area contributed by atoms with E-state index >= 15 is 0 Å². The Morgan fingerprint density at radius 3 is 3.08 bits per heavy atom. The summed E-state index contributed by atoms with van der Waals surface area (Å²) in [4.78, 5) is 0. The van der Waals surface area contributed by atoms with E-state index in [1.54, 1.807) is 6.07 Å². The zero-order valence-electron chi connectivity index (χ0n) is 6.75. The summed E-state index contributed by atoms with van der Waals surface area (Å²) in [5.74, 6) is -0.334. The highest BCUT2D eigenvalue weighted by Gasteiger charge is 2.06. The molecule has 0 aliphatic heterocycles. The predicted octanol–water partition coefficient (Wildman–Crippen LogP) is 2.64. The molecule has 2 aromatic rings. The number of nitrogens with zero attached hydrogens (tertiary/aromatic N) is 1. The Morgan fingerprint density at radius 2 is 2.31 bits per heavy atom. The molecule has 1 heterocycles. The average molecular weight is 175 g/mol. The molecule has 0 radical (unpaired) electrons. The predicted molar refractivity (Wildman–Crippen MR) is 45.5 cm³/mol. The minimum atomic E-state index is -0.334. The van der Waals surface area contributed by atoms with Crippen LogP contribution in [-0.2, 0) is 6.42 Å². The van der Waals surface area contributed by atoms with E-state index in [2.05, 4.69) is 0 Å². The second kappa shape index (κ2) is 2.91. The van der Waals surface area contributed by atoms with Crippen molar-refractivity contribution in [2.24, 2.45) is 0 Å². The Balaban J connectivity index is 2.71. The van der Waals surface area contributed by atoms with E-state index in [1.165, 1.54) is 18.4 Å². The van der Waals surface area contributed by atoms with Crippen molar-refractivity contribution in [1.82, 2.24) is 0 Å². The van der Waals surface area contributed by atoms with Crippen LogP contribution in [0.3, 0.4) is 0 Å². The van der Waals surface area contributed by atoms with Gasteiger partial charge in [0.15, 0.2) is 0 Å². The maximum atomic E-state index is 12.9. The molecular formula is C10H6FNO. The summed E-state index contributed by atoms with van der Waals surface area (Å²) < 4.78 is 18.1. The van der Waals surface area contributed by atoms with Gasteiger partial charge in [-0.2, -0.15) is 5.26 Å². The highest BCUT2D eigenvalue weighted by molar-refractivity contribution is 5.80. The zero-order valence-corrected chi connectivity index (χ0v) is 6.75. The number of benzene rings is 1. The monoisotopic (exact) mass is 175 g/mol. The van der Waals surface area contributed by atoms with Gasteiger partial charge in [-0.3, -0.25) is 0 Å². The van der Waals surface area contributed by atoms with E-state index < -0.39 is 0 Å². The normalized spacial score (nSPS) is 10.2. The van der Waals surface area contributed by atoms with Crippen molar-refractivity contribution < 1.29 is 8.81 Å². The van der Waals surface area contributed by atoms with Crippen molar-refractivity contribution in [2.75, 3.05) is 0 Å². The number of fused-ring (bicyclic) bond motifs is 1. The lowest BCUT2D eigenvalue weighted by atomic mass is 10.1. The molecule has 2 nitrogen and oxygen atoms in total. The minimum absolute atomic E-state index is 0.168. The molecule has 0 fully saturated rings. The quantitative estimate of drug-likeness (QED) is 0.668. The van der Waals surface area contributed by atoms with Gasteiger partial charge >= 0.3 is 0 Å². The van der Waals surface area contributed by atoms with Crippen LogP contribution in [0.15, 0.2) is 28.9 Å². The molecule has 0 atom stereocenters. The van der Waals surface area contributed by atoms with Gasteiger partial charge in [0.05, 0.1) is 18.8 Å². The maximum absolute atomic E-state index is 12.9. The Hall–Kier alpha value is -1.82.